The van der Waals surface area contributed by atoms with E-state index in [0.29, 0.717) is 19.1 Å². The summed E-state index contributed by atoms with van der Waals surface area (Å²) in [4.78, 5) is 13.9. The molecule has 1 aliphatic rings. The number of carbonyl (C=O) groups excluding carboxylic acids is 1. The van der Waals surface area contributed by atoms with E-state index in [1.807, 2.05) is 18.2 Å². The van der Waals surface area contributed by atoms with Crippen molar-refractivity contribution in [3.05, 3.63) is 42.5 Å². The summed E-state index contributed by atoms with van der Waals surface area (Å²) in [7, 11) is 1.67. The van der Waals surface area contributed by atoms with Gasteiger partial charge >= 0.3 is 0 Å². The van der Waals surface area contributed by atoms with Crippen molar-refractivity contribution in [1.29, 1.82) is 0 Å². The summed E-state index contributed by atoms with van der Waals surface area (Å²) in [5.74, 6) is 0.910. The van der Waals surface area contributed by atoms with Gasteiger partial charge in [0, 0.05) is 19.1 Å². The van der Waals surface area contributed by atoms with Gasteiger partial charge in [-0.2, -0.15) is 0 Å². The normalized spacial score (nSPS) is 18.5. The van der Waals surface area contributed by atoms with Gasteiger partial charge in [-0.1, -0.05) is 18.2 Å². The lowest BCUT2D eigenvalue weighted by atomic mass is 9.94. The second kappa shape index (κ2) is 6.38. The monoisotopic (exact) mass is 260 g/mol. The molecular formula is C15H20N2O2. The van der Waals surface area contributed by atoms with Crippen LogP contribution in [0.2, 0.25) is 0 Å². The third kappa shape index (κ3) is 3.35. The first-order valence-electron chi connectivity index (χ1n) is 6.50. The number of ether oxygens (including phenoxy) is 1. The van der Waals surface area contributed by atoms with Crippen LogP contribution in [0, 0.1) is 0 Å². The van der Waals surface area contributed by atoms with E-state index in [1.54, 1.807) is 13.2 Å². The number of amides is 1. The lowest BCUT2D eigenvalue weighted by Crippen LogP contribution is -2.46. The molecule has 0 saturated carbocycles. The summed E-state index contributed by atoms with van der Waals surface area (Å²) in [5.41, 5.74) is 1.21. The fraction of sp³-hybridized carbons (Fsp3) is 0.400. The molecule has 1 aliphatic heterocycles. The number of benzene rings is 1. The highest BCUT2D eigenvalue weighted by Gasteiger charge is 2.30. The lowest BCUT2D eigenvalue weighted by molar-refractivity contribution is -0.124. The molecule has 0 unspecified atom stereocenters. The molecule has 1 amide bonds. The van der Waals surface area contributed by atoms with Gasteiger partial charge in [0.05, 0.1) is 13.7 Å². The summed E-state index contributed by atoms with van der Waals surface area (Å²) in [6.45, 7) is 5.51. The van der Waals surface area contributed by atoms with E-state index in [9.17, 15) is 4.79 Å². The molecule has 4 nitrogen and oxygen atoms in total. The van der Waals surface area contributed by atoms with Crippen LogP contribution >= 0.6 is 0 Å². The third-order valence-corrected chi connectivity index (χ3v) is 3.40. The van der Waals surface area contributed by atoms with Crippen LogP contribution in [0.15, 0.2) is 36.9 Å². The SMILES string of the molecule is C=CCNC(=O)CN1CC[C@@H]1c1cccc(OC)c1. The van der Waals surface area contributed by atoms with E-state index in [4.69, 9.17) is 4.74 Å². The number of rotatable bonds is 6. The second-order valence-electron chi connectivity index (χ2n) is 4.64. The van der Waals surface area contributed by atoms with Gasteiger partial charge < -0.3 is 10.1 Å². The zero-order valence-corrected chi connectivity index (χ0v) is 11.3. The summed E-state index contributed by atoms with van der Waals surface area (Å²) < 4.78 is 5.23. The van der Waals surface area contributed by atoms with Crippen LogP contribution in [0.3, 0.4) is 0 Å². The standard InChI is InChI=1S/C15H20N2O2/c1-3-8-16-15(18)11-17-9-7-14(17)12-5-4-6-13(10-12)19-2/h3-6,10,14H,1,7-9,11H2,2H3,(H,16,18)/t14-/m1/s1. The van der Waals surface area contributed by atoms with Crippen molar-refractivity contribution in [3.63, 3.8) is 0 Å². The Morgan fingerprint density at radius 2 is 2.47 bits per heavy atom. The minimum Gasteiger partial charge on any atom is -0.497 e. The topological polar surface area (TPSA) is 41.6 Å². The Balaban J connectivity index is 1.94. The Morgan fingerprint density at radius 1 is 1.63 bits per heavy atom. The molecule has 0 spiro atoms. The molecule has 1 fully saturated rings. The van der Waals surface area contributed by atoms with Crippen molar-refractivity contribution >= 4 is 5.91 Å². The molecule has 0 aliphatic carbocycles. The third-order valence-electron chi connectivity index (χ3n) is 3.40. The molecule has 1 aromatic carbocycles. The van der Waals surface area contributed by atoms with Crippen LogP contribution in [0.5, 0.6) is 5.75 Å². The smallest absolute Gasteiger partial charge is 0.234 e. The predicted molar refractivity (Wildman–Crippen MR) is 75.1 cm³/mol. The van der Waals surface area contributed by atoms with Crippen molar-refractivity contribution in [2.75, 3.05) is 26.7 Å². The van der Waals surface area contributed by atoms with Gasteiger partial charge in [-0.25, -0.2) is 0 Å². The highest BCUT2D eigenvalue weighted by molar-refractivity contribution is 5.78. The Hall–Kier alpha value is -1.81. The van der Waals surface area contributed by atoms with Crippen molar-refractivity contribution in [2.45, 2.75) is 12.5 Å². The van der Waals surface area contributed by atoms with Gasteiger partial charge in [0.15, 0.2) is 0 Å². The molecule has 0 bridgehead atoms. The van der Waals surface area contributed by atoms with E-state index < -0.39 is 0 Å². The molecule has 1 saturated heterocycles. The highest BCUT2D eigenvalue weighted by Crippen LogP contribution is 2.34. The number of methoxy groups -OCH3 is 1. The van der Waals surface area contributed by atoms with Gasteiger partial charge in [0.1, 0.15) is 5.75 Å². The van der Waals surface area contributed by atoms with Crippen molar-refractivity contribution < 1.29 is 9.53 Å². The van der Waals surface area contributed by atoms with Crippen LogP contribution in [0.25, 0.3) is 0 Å². The van der Waals surface area contributed by atoms with Crippen LogP contribution < -0.4 is 10.1 Å². The van der Waals surface area contributed by atoms with E-state index in [0.717, 1.165) is 18.7 Å². The van der Waals surface area contributed by atoms with E-state index in [2.05, 4.69) is 22.9 Å². The summed E-state index contributed by atoms with van der Waals surface area (Å²) in [5, 5.41) is 2.80. The van der Waals surface area contributed by atoms with E-state index in [1.165, 1.54) is 5.56 Å². The second-order valence-corrected chi connectivity index (χ2v) is 4.64. The number of likely N-dealkylation sites (tertiary alicyclic amines) is 1. The Kier molecular flexibility index (Phi) is 4.58. The molecular weight excluding hydrogens is 240 g/mol. The maximum absolute atomic E-state index is 11.7. The predicted octanol–water partition coefficient (Wildman–Crippen LogP) is 1.74. The fourth-order valence-corrected chi connectivity index (χ4v) is 2.28. The molecule has 102 valence electrons. The maximum Gasteiger partial charge on any atom is 0.234 e. The lowest BCUT2D eigenvalue weighted by Gasteiger charge is -2.40. The number of nitrogens with one attached hydrogen (secondary N) is 1. The van der Waals surface area contributed by atoms with Crippen LogP contribution in [0.4, 0.5) is 0 Å². The number of hydrogen-bond donors (Lipinski definition) is 1. The van der Waals surface area contributed by atoms with Crippen molar-refractivity contribution in [2.24, 2.45) is 0 Å². The first-order valence-corrected chi connectivity index (χ1v) is 6.50. The zero-order valence-electron chi connectivity index (χ0n) is 11.3. The first kappa shape index (κ1) is 13.6. The molecule has 19 heavy (non-hydrogen) atoms. The van der Waals surface area contributed by atoms with Crippen LogP contribution in [-0.2, 0) is 4.79 Å². The highest BCUT2D eigenvalue weighted by atomic mass is 16.5. The zero-order chi connectivity index (χ0) is 13.7. The molecule has 1 N–H and O–H groups in total. The van der Waals surface area contributed by atoms with Gasteiger partial charge in [0.2, 0.25) is 5.91 Å². The average molecular weight is 260 g/mol. The van der Waals surface area contributed by atoms with E-state index >= 15 is 0 Å². The molecule has 1 heterocycles. The quantitative estimate of drug-likeness (QED) is 0.792. The van der Waals surface area contributed by atoms with Crippen LogP contribution in [-0.4, -0.2) is 37.6 Å². The number of nitrogens with zero attached hydrogens (tertiary/aromatic N) is 1. The minimum absolute atomic E-state index is 0.0486. The van der Waals surface area contributed by atoms with Gasteiger partial charge in [-0.15, -0.1) is 6.58 Å². The van der Waals surface area contributed by atoms with Gasteiger partial charge in [0.25, 0.3) is 0 Å². The fourth-order valence-electron chi connectivity index (χ4n) is 2.28. The first-order chi connectivity index (χ1) is 9.24. The van der Waals surface area contributed by atoms with Crippen LogP contribution in [0.1, 0.15) is 18.0 Å². The molecule has 1 atom stereocenters. The average Bonchev–Trinajstić information content (AvgIpc) is 2.41. The molecule has 4 heteroatoms. The van der Waals surface area contributed by atoms with Crippen molar-refractivity contribution in [1.82, 2.24) is 10.2 Å². The largest absolute Gasteiger partial charge is 0.497 e. The molecule has 0 aromatic heterocycles. The summed E-state index contributed by atoms with van der Waals surface area (Å²) >= 11 is 0. The van der Waals surface area contributed by atoms with E-state index in [-0.39, 0.29) is 5.91 Å². The van der Waals surface area contributed by atoms with Crippen molar-refractivity contribution in [3.8, 4) is 5.75 Å². The molecule has 2 rings (SSSR count). The molecule has 0 radical (unpaired) electrons. The minimum atomic E-state index is 0.0486. The summed E-state index contributed by atoms with van der Waals surface area (Å²) in [6, 6.07) is 8.37. The number of hydrogen-bond acceptors (Lipinski definition) is 3. The number of carbonyl (C=O) groups is 1. The summed E-state index contributed by atoms with van der Waals surface area (Å²) in [6.07, 6.45) is 2.77. The Morgan fingerprint density at radius 3 is 3.11 bits per heavy atom. The Bertz CT molecular complexity index is 459. The Labute approximate surface area is 114 Å². The maximum atomic E-state index is 11.7. The van der Waals surface area contributed by atoms with Gasteiger partial charge in [-0.3, -0.25) is 9.69 Å². The van der Waals surface area contributed by atoms with Gasteiger partial charge in [-0.05, 0) is 24.1 Å². The molecule has 1 aromatic rings.